The van der Waals surface area contributed by atoms with Gasteiger partial charge in [-0.2, -0.15) is 5.10 Å². The Hall–Kier alpha value is -3.24. The highest BCUT2D eigenvalue weighted by Crippen LogP contribution is 2.23. The second-order valence-corrected chi connectivity index (χ2v) is 9.60. The van der Waals surface area contributed by atoms with Crippen LogP contribution >= 0.6 is 0 Å². The van der Waals surface area contributed by atoms with Crippen molar-refractivity contribution in [3.8, 4) is 16.8 Å². The molecule has 10 heteroatoms. The first-order valence-corrected chi connectivity index (χ1v) is 11.0. The average Bonchev–Trinajstić information content (AvgIpc) is 3.22. The number of carbonyl (C=O) groups excluding carboxylic acids is 1. The van der Waals surface area contributed by atoms with Crippen molar-refractivity contribution in [1.82, 2.24) is 19.8 Å². The van der Waals surface area contributed by atoms with Crippen LogP contribution in [0.15, 0.2) is 65.8 Å². The Morgan fingerprint density at radius 1 is 1.20 bits per heavy atom. The summed E-state index contributed by atoms with van der Waals surface area (Å²) in [5, 5.41) is 13.2. The molecule has 2 N–H and O–H groups in total. The van der Waals surface area contributed by atoms with Gasteiger partial charge in [0.1, 0.15) is 0 Å². The largest absolute Gasteiger partial charge is 0.315 e. The van der Waals surface area contributed by atoms with Gasteiger partial charge in [0.15, 0.2) is 14.6 Å². The molecule has 0 radical (unpaired) electrons. The highest BCUT2D eigenvalue weighted by atomic mass is 32.2. The number of benzene rings is 1. The molecule has 158 valence electrons. The van der Waals surface area contributed by atoms with Crippen LogP contribution in [-0.2, 0) is 21.2 Å². The number of aromatic nitrogens is 3. The SMILES string of the molecule is C[C@@](CCn1ccc(-c2cnn(-c3ccccc3)c2)cc1=O)(C(=O)NO)S(C)(=O)=O. The lowest BCUT2D eigenvalue weighted by atomic mass is 10.1. The van der Waals surface area contributed by atoms with Gasteiger partial charge >= 0.3 is 0 Å². The monoisotopic (exact) mass is 430 g/mol. The number of nitrogens with one attached hydrogen (secondary N) is 1. The van der Waals surface area contributed by atoms with Crippen LogP contribution in [0.1, 0.15) is 13.3 Å². The molecule has 1 atom stereocenters. The highest BCUT2D eigenvalue weighted by Gasteiger charge is 2.43. The molecule has 30 heavy (non-hydrogen) atoms. The fourth-order valence-corrected chi connectivity index (χ4v) is 3.83. The Balaban J connectivity index is 1.82. The molecular weight excluding hydrogens is 408 g/mol. The van der Waals surface area contributed by atoms with E-state index in [0.29, 0.717) is 5.56 Å². The number of pyridine rings is 1. The van der Waals surface area contributed by atoms with Gasteiger partial charge in [0.05, 0.1) is 11.9 Å². The number of sulfone groups is 1. The number of hydrogen-bond donors (Lipinski definition) is 2. The fourth-order valence-electron chi connectivity index (χ4n) is 2.99. The van der Waals surface area contributed by atoms with E-state index in [1.807, 2.05) is 30.3 Å². The molecule has 0 bridgehead atoms. The van der Waals surface area contributed by atoms with E-state index in [4.69, 9.17) is 5.21 Å². The van der Waals surface area contributed by atoms with E-state index in [-0.39, 0.29) is 18.5 Å². The van der Waals surface area contributed by atoms with Crippen molar-refractivity contribution in [2.45, 2.75) is 24.6 Å². The van der Waals surface area contributed by atoms with Crippen LogP contribution in [0, 0.1) is 0 Å². The van der Waals surface area contributed by atoms with E-state index in [9.17, 15) is 18.0 Å². The van der Waals surface area contributed by atoms with Crippen molar-refractivity contribution < 1.29 is 18.4 Å². The van der Waals surface area contributed by atoms with Gasteiger partial charge in [-0.25, -0.2) is 18.6 Å². The third-order valence-electron chi connectivity index (χ3n) is 5.16. The maximum Gasteiger partial charge on any atom is 0.264 e. The normalized spacial score (nSPS) is 13.6. The van der Waals surface area contributed by atoms with Crippen molar-refractivity contribution >= 4 is 15.7 Å². The van der Waals surface area contributed by atoms with E-state index in [1.54, 1.807) is 23.1 Å². The van der Waals surface area contributed by atoms with Crippen molar-refractivity contribution in [3.05, 3.63) is 71.4 Å². The van der Waals surface area contributed by atoms with Gasteiger partial charge in [-0.05, 0) is 37.1 Å². The Morgan fingerprint density at radius 3 is 2.50 bits per heavy atom. The molecule has 1 aromatic carbocycles. The third-order valence-corrected chi connectivity index (χ3v) is 7.19. The van der Waals surface area contributed by atoms with Crippen LogP contribution in [0.2, 0.25) is 0 Å². The minimum atomic E-state index is -3.83. The van der Waals surface area contributed by atoms with Gasteiger partial charge in [0, 0.05) is 36.8 Å². The van der Waals surface area contributed by atoms with Crippen LogP contribution in [-0.4, -0.2) is 44.9 Å². The Kier molecular flexibility index (Phi) is 5.90. The molecule has 0 saturated heterocycles. The zero-order chi connectivity index (χ0) is 21.9. The van der Waals surface area contributed by atoms with Crippen molar-refractivity contribution in [1.29, 1.82) is 0 Å². The van der Waals surface area contributed by atoms with Crippen LogP contribution < -0.4 is 11.0 Å². The molecule has 1 amide bonds. The zero-order valence-electron chi connectivity index (χ0n) is 16.5. The third kappa shape index (κ3) is 4.19. The smallest absolute Gasteiger partial charge is 0.264 e. The zero-order valence-corrected chi connectivity index (χ0v) is 17.3. The lowest BCUT2D eigenvalue weighted by Crippen LogP contribution is -2.49. The van der Waals surface area contributed by atoms with E-state index in [0.717, 1.165) is 17.5 Å². The van der Waals surface area contributed by atoms with E-state index >= 15 is 0 Å². The second-order valence-electron chi connectivity index (χ2n) is 7.15. The Labute approximate surface area is 173 Å². The number of aryl methyl sites for hydroxylation is 1. The second kappa shape index (κ2) is 8.25. The predicted molar refractivity (Wildman–Crippen MR) is 111 cm³/mol. The molecular formula is C20H22N4O5S. The van der Waals surface area contributed by atoms with Crippen LogP contribution in [0.5, 0.6) is 0 Å². The Morgan fingerprint density at radius 2 is 1.90 bits per heavy atom. The minimum Gasteiger partial charge on any atom is -0.315 e. The summed E-state index contributed by atoms with van der Waals surface area (Å²) in [5.74, 6) is -1.04. The average molecular weight is 430 g/mol. The molecule has 0 saturated carbocycles. The molecule has 9 nitrogen and oxygen atoms in total. The lowest BCUT2D eigenvalue weighted by Gasteiger charge is -2.25. The van der Waals surface area contributed by atoms with Gasteiger partial charge < -0.3 is 4.57 Å². The summed E-state index contributed by atoms with van der Waals surface area (Å²) in [5.41, 5.74) is 3.35. The maximum atomic E-state index is 12.5. The molecule has 0 aliphatic rings. The number of carbonyl (C=O) groups is 1. The summed E-state index contributed by atoms with van der Waals surface area (Å²) < 4.78 is 25.3. The number of hydroxylamine groups is 1. The summed E-state index contributed by atoms with van der Waals surface area (Å²) in [6.45, 7) is 1.20. The van der Waals surface area contributed by atoms with Gasteiger partial charge in [0.25, 0.3) is 11.5 Å². The minimum absolute atomic E-state index is 0.0145. The molecule has 0 unspecified atom stereocenters. The highest BCUT2D eigenvalue weighted by molar-refractivity contribution is 7.92. The first kappa shape index (κ1) is 21.5. The Bertz CT molecular complexity index is 1220. The number of rotatable bonds is 7. The maximum absolute atomic E-state index is 12.5. The quantitative estimate of drug-likeness (QED) is 0.431. The van der Waals surface area contributed by atoms with Gasteiger partial charge in [-0.1, -0.05) is 18.2 Å². The van der Waals surface area contributed by atoms with Crippen molar-refractivity contribution in [3.63, 3.8) is 0 Å². The first-order chi connectivity index (χ1) is 14.2. The van der Waals surface area contributed by atoms with Gasteiger partial charge in [-0.15, -0.1) is 0 Å². The standard InChI is InChI=1S/C20H22N4O5S/c1-20(19(26)22-27,30(2,28)29)9-11-23-10-8-15(12-18(23)25)16-13-21-24(14-16)17-6-4-3-5-7-17/h3-8,10,12-14,27H,9,11H2,1-2H3,(H,22,26)/t20-/m1/s1. The summed E-state index contributed by atoms with van der Waals surface area (Å²) >= 11 is 0. The fraction of sp³-hybridized carbons (Fsp3) is 0.250. The topological polar surface area (TPSA) is 123 Å². The molecule has 0 fully saturated rings. The molecule has 0 aliphatic carbocycles. The summed E-state index contributed by atoms with van der Waals surface area (Å²) in [6, 6.07) is 12.7. The molecule has 0 aliphatic heterocycles. The molecule has 3 rings (SSSR count). The van der Waals surface area contributed by atoms with Gasteiger partial charge in [0.2, 0.25) is 0 Å². The van der Waals surface area contributed by atoms with Crippen LogP contribution in [0.25, 0.3) is 16.8 Å². The van der Waals surface area contributed by atoms with E-state index in [1.165, 1.54) is 29.2 Å². The number of nitrogens with zero attached hydrogens (tertiary/aromatic N) is 3. The van der Waals surface area contributed by atoms with Gasteiger partial charge in [-0.3, -0.25) is 14.8 Å². The van der Waals surface area contributed by atoms with Crippen molar-refractivity contribution in [2.75, 3.05) is 6.26 Å². The van der Waals surface area contributed by atoms with Crippen LogP contribution in [0.3, 0.4) is 0 Å². The lowest BCUT2D eigenvalue weighted by molar-refractivity contribution is -0.131. The molecule has 3 aromatic rings. The molecule has 2 heterocycles. The van der Waals surface area contributed by atoms with E-state index in [2.05, 4.69) is 5.10 Å². The summed E-state index contributed by atoms with van der Waals surface area (Å²) in [6.07, 6.45) is 5.73. The number of amides is 1. The molecule has 0 spiro atoms. The summed E-state index contributed by atoms with van der Waals surface area (Å²) in [4.78, 5) is 24.4. The van der Waals surface area contributed by atoms with E-state index < -0.39 is 20.5 Å². The van der Waals surface area contributed by atoms with Crippen molar-refractivity contribution in [2.24, 2.45) is 0 Å². The number of para-hydroxylation sites is 1. The number of hydrogen-bond acceptors (Lipinski definition) is 6. The first-order valence-electron chi connectivity index (χ1n) is 9.11. The predicted octanol–water partition coefficient (Wildman–Crippen LogP) is 1.40. The molecule has 2 aromatic heterocycles. The summed E-state index contributed by atoms with van der Waals surface area (Å²) in [7, 11) is -3.83. The van der Waals surface area contributed by atoms with Crippen LogP contribution in [0.4, 0.5) is 0 Å².